The molecule has 0 saturated carbocycles. The summed E-state index contributed by atoms with van der Waals surface area (Å²) in [5.41, 5.74) is 0. The standard InChI is InChI=1S/C11H13ClO3/c1-3-10(11(12)13)15-9-6-4-8(14-2)5-7-9/h4-7,10H,3H2,1-2H3. The van der Waals surface area contributed by atoms with Gasteiger partial charge in [0.25, 0.3) is 5.24 Å². The Hall–Kier alpha value is -1.22. The third kappa shape index (κ3) is 3.44. The highest BCUT2D eigenvalue weighted by molar-refractivity contribution is 6.64. The van der Waals surface area contributed by atoms with E-state index in [4.69, 9.17) is 21.1 Å². The molecule has 4 heteroatoms. The van der Waals surface area contributed by atoms with Crippen LogP contribution < -0.4 is 9.47 Å². The van der Waals surface area contributed by atoms with Crippen LogP contribution in [0.3, 0.4) is 0 Å². The Morgan fingerprint density at radius 1 is 1.33 bits per heavy atom. The van der Waals surface area contributed by atoms with Crippen molar-refractivity contribution in [2.24, 2.45) is 0 Å². The van der Waals surface area contributed by atoms with Crippen LogP contribution in [0.15, 0.2) is 24.3 Å². The minimum atomic E-state index is -0.583. The molecule has 15 heavy (non-hydrogen) atoms. The van der Waals surface area contributed by atoms with Crippen molar-refractivity contribution >= 4 is 16.8 Å². The van der Waals surface area contributed by atoms with E-state index < -0.39 is 11.3 Å². The second kappa shape index (κ2) is 5.61. The number of carbonyl (C=O) groups excluding carboxylic acids is 1. The van der Waals surface area contributed by atoms with E-state index in [2.05, 4.69) is 0 Å². The van der Waals surface area contributed by atoms with Gasteiger partial charge in [0, 0.05) is 0 Å². The monoisotopic (exact) mass is 228 g/mol. The zero-order valence-electron chi connectivity index (χ0n) is 8.70. The lowest BCUT2D eigenvalue weighted by molar-refractivity contribution is -0.117. The number of rotatable bonds is 5. The van der Waals surface area contributed by atoms with Gasteiger partial charge in [0.15, 0.2) is 6.10 Å². The van der Waals surface area contributed by atoms with Crippen LogP contribution in [0.4, 0.5) is 0 Å². The van der Waals surface area contributed by atoms with Crippen LogP contribution in [0.5, 0.6) is 11.5 Å². The van der Waals surface area contributed by atoms with Crippen LogP contribution in [-0.2, 0) is 4.79 Å². The van der Waals surface area contributed by atoms with Crippen molar-refractivity contribution in [3.63, 3.8) is 0 Å². The highest BCUT2D eigenvalue weighted by Crippen LogP contribution is 2.19. The van der Waals surface area contributed by atoms with Gasteiger partial charge < -0.3 is 9.47 Å². The molecule has 0 spiro atoms. The summed E-state index contributed by atoms with van der Waals surface area (Å²) in [6.07, 6.45) is -0.0333. The van der Waals surface area contributed by atoms with E-state index in [1.54, 1.807) is 31.4 Å². The zero-order chi connectivity index (χ0) is 11.3. The fourth-order valence-electron chi connectivity index (χ4n) is 1.11. The van der Waals surface area contributed by atoms with Gasteiger partial charge in [-0.05, 0) is 42.3 Å². The number of halogens is 1. The van der Waals surface area contributed by atoms with Crippen molar-refractivity contribution < 1.29 is 14.3 Å². The predicted molar refractivity (Wildman–Crippen MR) is 58.6 cm³/mol. The zero-order valence-corrected chi connectivity index (χ0v) is 9.45. The van der Waals surface area contributed by atoms with E-state index in [-0.39, 0.29) is 0 Å². The number of hydrogen-bond acceptors (Lipinski definition) is 3. The maximum atomic E-state index is 10.9. The molecule has 1 atom stereocenters. The number of hydrogen-bond donors (Lipinski definition) is 0. The van der Waals surface area contributed by atoms with Gasteiger partial charge in [0.2, 0.25) is 0 Å². The van der Waals surface area contributed by atoms with Gasteiger partial charge in [-0.1, -0.05) is 6.92 Å². The molecule has 82 valence electrons. The topological polar surface area (TPSA) is 35.5 Å². The predicted octanol–water partition coefficient (Wildman–Crippen LogP) is 2.62. The molecule has 0 saturated heterocycles. The van der Waals surface area contributed by atoms with Gasteiger partial charge in [0.1, 0.15) is 11.5 Å². The fraction of sp³-hybridized carbons (Fsp3) is 0.364. The summed E-state index contributed by atoms with van der Waals surface area (Å²) in [6, 6.07) is 7.00. The van der Waals surface area contributed by atoms with Crippen molar-refractivity contribution in [1.29, 1.82) is 0 Å². The molecule has 1 aromatic rings. The largest absolute Gasteiger partial charge is 0.497 e. The highest BCUT2D eigenvalue weighted by Gasteiger charge is 2.15. The normalized spacial score (nSPS) is 11.9. The second-order valence-corrected chi connectivity index (χ2v) is 3.37. The van der Waals surface area contributed by atoms with Gasteiger partial charge in [-0.3, -0.25) is 4.79 Å². The molecule has 0 aliphatic rings. The Morgan fingerprint density at radius 2 is 1.87 bits per heavy atom. The van der Waals surface area contributed by atoms with Crippen LogP contribution in [0, 0.1) is 0 Å². The van der Waals surface area contributed by atoms with E-state index in [1.807, 2.05) is 6.92 Å². The van der Waals surface area contributed by atoms with Crippen molar-refractivity contribution in [2.75, 3.05) is 7.11 Å². The first-order valence-electron chi connectivity index (χ1n) is 4.67. The summed E-state index contributed by atoms with van der Waals surface area (Å²) in [6.45, 7) is 1.84. The van der Waals surface area contributed by atoms with Crippen LogP contribution in [0.25, 0.3) is 0 Å². The first kappa shape index (κ1) is 11.9. The summed E-state index contributed by atoms with van der Waals surface area (Å²) in [5, 5.41) is -0.478. The lowest BCUT2D eigenvalue weighted by Crippen LogP contribution is -2.22. The number of ether oxygens (including phenoxy) is 2. The fourth-order valence-corrected chi connectivity index (χ4v) is 1.31. The maximum absolute atomic E-state index is 10.9. The highest BCUT2D eigenvalue weighted by atomic mass is 35.5. The van der Waals surface area contributed by atoms with Gasteiger partial charge in [-0.2, -0.15) is 0 Å². The average Bonchev–Trinajstić information content (AvgIpc) is 2.26. The molecule has 0 aliphatic heterocycles. The van der Waals surface area contributed by atoms with Crippen LogP contribution >= 0.6 is 11.6 Å². The third-order valence-corrected chi connectivity index (χ3v) is 2.21. The van der Waals surface area contributed by atoms with Gasteiger partial charge in [-0.15, -0.1) is 0 Å². The molecule has 0 heterocycles. The minimum Gasteiger partial charge on any atom is -0.497 e. The van der Waals surface area contributed by atoms with Crippen molar-refractivity contribution in [3.8, 4) is 11.5 Å². The van der Waals surface area contributed by atoms with E-state index in [9.17, 15) is 4.79 Å². The molecular formula is C11H13ClO3. The van der Waals surface area contributed by atoms with Crippen molar-refractivity contribution in [1.82, 2.24) is 0 Å². The van der Waals surface area contributed by atoms with Crippen molar-refractivity contribution in [3.05, 3.63) is 24.3 Å². The van der Waals surface area contributed by atoms with E-state index in [0.717, 1.165) is 5.75 Å². The summed E-state index contributed by atoms with van der Waals surface area (Å²) < 4.78 is 10.4. The summed E-state index contributed by atoms with van der Waals surface area (Å²) in [7, 11) is 1.59. The Kier molecular flexibility index (Phi) is 4.43. The number of benzene rings is 1. The first-order chi connectivity index (χ1) is 7.17. The number of carbonyl (C=O) groups is 1. The van der Waals surface area contributed by atoms with Gasteiger partial charge in [-0.25, -0.2) is 0 Å². The number of methoxy groups -OCH3 is 1. The van der Waals surface area contributed by atoms with Crippen molar-refractivity contribution in [2.45, 2.75) is 19.4 Å². The molecule has 0 radical (unpaired) electrons. The SMILES string of the molecule is CCC(Oc1ccc(OC)cc1)C(=O)Cl. The van der Waals surface area contributed by atoms with Gasteiger partial charge in [0.05, 0.1) is 7.11 Å². The van der Waals surface area contributed by atoms with Crippen LogP contribution in [-0.4, -0.2) is 18.5 Å². The van der Waals surface area contributed by atoms with Crippen LogP contribution in [0.1, 0.15) is 13.3 Å². The Labute approximate surface area is 93.9 Å². The minimum absolute atomic E-state index is 0.478. The molecular weight excluding hydrogens is 216 g/mol. The lowest BCUT2D eigenvalue weighted by atomic mass is 10.3. The Bertz CT molecular complexity index is 321. The summed E-state index contributed by atoms with van der Waals surface area (Å²) in [5.74, 6) is 1.35. The quantitative estimate of drug-likeness (QED) is 0.727. The lowest BCUT2D eigenvalue weighted by Gasteiger charge is -2.13. The average molecular weight is 229 g/mol. The van der Waals surface area contributed by atoms with E-state index in [1.165, 1.54) is 0 Å². The molecule has 0 aromatic heterocycles. The molecule has 1 rings (SSSR count). The molecule has 0 bridgehead atoms. The summed E-state index contributed by atoms with van der Waals surface area (Å²) >= 11 is 5.36. The molecule has 1 unspecified atom stereocenters. The third-order valence-electron chi connectivity index (χ3n) is 1.96. The van der Waals surface area contributed by atoms with Crippen LogP contribution in [0.2, 0.25) is 0 Å². The first-order valence-corrected chi connectivity index (χ1v) is 5.05. The Morgan fingerprint density at radius 3 is 2.27 bits per heavy atom. The van der Waals surface area contributed by atoms with E-state index >= 15 is 0 Å². The molecule has 0 N–H and O–H groups in total. The molecule has 0 aliphatic carbocycles. The smallest absolute Gasteiger partial charge is 0.262 e. The second-order valence-electron chi connectivity index (χ2n) is 2.99. The summed E-state index contributed by atoms with van der Waals surface area (Å²) in [4.78, 5) is 10.9. The molecule has 0 amide bonds. The Balaban J connectivity index is 2.67. The molecule has 1 aromatic carbocycles. The maximum Gasteiger partial charge on any atom is 0.262 e. The van der Waals surface area contributed by atoms with Gasteiger partial charge >= 0.3 is 0 Å². The van der Waals surface area contributed by atoms with E-state index in [0.29, 0.717) is 12.2 Å². The molecule has 3 nitrogen and oxygen atoms in total. The molecule has 0 fully saturated rings.